The van der Waals surface area contributed by atoms with Crippen LogP contribution in [0.1, 0.15) is 43.1 Å². The molecule has 9 nitrogen and oxygen atoms in total. The SMILES string of the molecule is [2H]c1c(-c2ccc(CNC3CCOCC3)cc2)noc1-c1nc(-c2ccc(S(=O)(=O)C([2H])(C([2H])([2H])[2H])C([2H])([2H])[2H])cc2)cnc1N. The van der Waals surface area contributed by atoms with Gasteiger partial charge in [-0.1, -0.05) is 41.6 Å². The molecule has 3 N–H and O–H groups in total. The van der Waals surface area contributed by atoms with Crippen molar-refractivity contribution < 1.29 is 28.6 Å². The monoisotopic (exact) mass is 541 g/mol. The number of sulfone groups is 1. The molecule has 0 saturated carbocycles. The third-order valence-corrected chi connectivity index (χ3v) is 7.68. The van der Waals surface area contributed by atoms with Gasteiger partial charge in [0.2, 0.25) is 0 Å². The molecule has 0 bridgehead atoms. The summed E-state index contributed by atoms with van der Waals surface area (Å²) in [7, 11) is -5.18. The number of aromatic nitrogens is 3. The van der Waals surface area contributed by atoms with Crippen molar-refractivity contribution in [2.75, 3.05) is 18.9 Å². The molecular weight excluding hydrogens is 502 g/mol. The highest BCUT2D eigenvalue weighted by atomic mass is 32.2. The molecule has 4 aromatic rings. The maximum atomic E-state index is 13.2. The van der Waals surface area contributed by atoms with Gasteiger partial charge in [0, 0.05) is 52.6 Å². The molecule has 0 unspecified atom stereocenters. The predicted octanol–water partition coefficient (Wildman–Crippen LogP) is 4.50. The third kappa shape index (κ3) is 5.62. The number of nitrogen functional groups attached to an aromatic ring is 1. The van der Waals surface area contributed by atoms with E-state index in [4.69, 9.17) is 26.0 Å². The molecule has 38 heavy (non-hydrogen) atoms. The first-order valence-corrected chi connectivity index (χ1v) is 13.4. The van der Waals surface area contributed by atoms with Crippen LogP contribution in [0.2, 0.25) is 0 Å². The molecule has 0 aliphatic carbocycles. The second-order valence-corrected chi connectivity index (χ2v) is 10.7. The van der Waals surface area contributed by atoms with Crippen molar-refractivity contribution in [2.24, 2.45) is 0 Å². The highest BCUT2D eigenvalue weighted by Crippen LogP contribution is 2.30. The Morgan fingerprint density at radius 2 is 1.79 bits per heavy atom. The molecule has 0 spiro atoms. The van der Waals surface area contributed by atoms with Crippen LogP contribution in [0.15, 0.2) is 70.2 Å². The van der Waals surface area contributed by atoms with Crippen LogP contribution in [0.4, 0.5) is 5.82 Å². The van der Waals surface area contributed by atoms with Crippen molar-refractivity contribution >= 4 is 15.7 Å². The summed E-state index contributed by atoms with van der Waals surface area (Å²) in [5, 5.41) is 3.80. The summed E-state index contributed by atoms with van der Waals surface area (Å²) in [6, 6.07) is 12.4. The van der Waals surface area contributed by atoms with Gasteiger partial charge in [-0.05, 0) is 44.2 Å². The quantitative estimate of drug-likeness (QED) is 0.331. The number of hydrogen-bond acceptors (Lipinski definition) is 9. The number of nitrogens with zero attached hydrogens (tertiary/aromatic N) is 3. The van der Waals surface area contributed by atoms with E-state index in [2.05, 4.69) is 20.4 Å². The van der Waals surface area contributed by atoms with Gasteiger partial charge >= 0.3 is 0 Å². The largest absolute Gasteiger partial charge is 0.382 e. The maximum Gasteiger partial charge on any atom is 0.189 e. The summed E-state index contributed by atoms with van der Waals surface area (Å²) in [6.45, 7) is -5.14. The van der Waals surface area contributed by atoms with E-state index in [9.17, 15) is 8.42 Å². The van der Waals surface area contributed by atoms with Crippen molar-refractivity contribution in [3.63, 3.8) is 0 Å². The van der Waals surface area contributed by atoms with Crippen LogP contribution in [-0.2, 0) is 21.1 Å². The van der Waals surface area contributed by atoms with Gasteiger partial charge < -0.3 is 20.3 Å². The minimum Gasteiger partial charge on any atom is -0.382 e. The van der Waals surface area contributed by atoms with Gasteiger partial charge in [-0.3, -0.25) is 0 Å². The standard InChI is InChI=1S/C28H31N5O4S/c1-18(2)38(34,35)23-9-7-21(8-10-23)25-17-31-28(29)27(32-25)26-15-24(33-37-26)20-5-3-19(4-6-20)16-30-22-11-13-36-14-12-22/h3-10,15,17-18,22,30H,11-14,16H2,1-2H3,(H2,29,31)/i1D3,2D3,15D,18D. The molecule has 1 saturated heterocycles. The first-order chi connectivity index (χ1) is 21.5. The smallest absolute Gasteiger partial charge is 0.189 e. The number of benzene rings is 2. The van der Waals surface area contributed by atoms with Gasteiger partial charge in [0.25, 0.3) is 0 Å². The molecule has 0 amide bonds. The average Bonchev–Trinajstić information content (AvgIpc) is 3.40. The second-order valence-electron chi connectivity index (χ2n) is 8.80. The molecule has 1 aliphatic rings. The Hall–Kier alpha value is -3.60. The van der Waals surface area contributed by atoms with E-state index in [1.54, 1.807) is 0 Å². The second kappa shape index (κ2) is 11.0. The highest BCUT2D eigenvalue weighted by molar-refractivity contribution is 7.92. The number of hydrogen-bond donors (Lipinski definition) is 2. The lowest BCUT2D eigenvalue weighted by Gasteiger charge is -2.23. The van der Waals surface area contributed by atoms with Gasteiger partial charge in [0.1, 0.15) is 5.69 Å². The van der Waals surface area contributed by atoms with Gasteiger partial charge in [0.05, 0.1) is 23.4 Å². The third-order valence-electron chi connectivity index (χ3n) is 6.25. The van der Waals surface area contributed by atoms with Crippen molar-refractivity contribution in [3.8, 4) is 34.0 Å². The fourth-order valence-corrected chi connectivity index (χ4v) is 4.77. The minimum atomic E-state index is -5.18. The van der Waals surface area contributed by atoms with Crippen LogP contribution in [-0.4, -0.2) is 48.0 Å². The lowest BCUT2D eigenvalue weighted by Crippen LogP contribution is -2.34. The Kier molecular flexibility index (Phi) is 5.17. The van der Waals surface area contributed by atoms with Gasteiger partial charge in [0.15, 0.2) is 27.1 Å². The van der Waals surface area contributed by atoms with E-state index < -0.39 is 33.7 Å². The molecular formula is C28H31N5O4S. The number of ether oxygens (including phenoxy) is 1. The molecule has 5 rings (SSSR count). The summed E-state index contributed by atoms with van der Waals surface area (Å²) in [5.74, 6) is -0.0938. The van der Waals surface area contributed by atoms with Crippen LogP contribution in [0, 0.1) is 0 Å². The Bertz CT molecular complexity index is 1790. The van der Waals surface area contributed by atoms with Gasteiger partial charge in [-0.15, -0.1) is 0 Å². The van der Waals surface area contributed by atoms with E-state index >= 15 is 0 Å². The average molecular weight is 542 g/mol. The summed E-state index contributed by atoms with van der Waals surface area (Å²) in [4.78, 5) is 7.92. The molecule has 1 aliphatic heterocycles. The summed E-state index contributed by atoms with van der Waals surface area (Å²) >= 11 is 0. The minimum absolute atomic E-state index is 0.0187. The first kappa shape index (κ1) is 17.8. The number of nitrogens with two attached hydrogens (primary N) is 1. The summed E-state index contributed by atoms with van der Waals surface area (Å²) < 4.78 is 99.1. The zero-order chi connectivity index (χ0) is 33.5. The Morgan fingerprint density at radius 3 is 2.50 bits per heavy atom. The zero-order valence-corrected chi connectivity index (χ0v) is 21.1. The lowest BCUT2D eigenvalue weighted by molar-refractivity contribution is 0.0776. The van der Waals surface area contributed by atoms with Gasteiger partial charge in [-0.2, -0.15) is 0 Å². The zero-order valence-electron chi connectivity index (χ0n) is 28.3. The van der Waals surface area contributed by atoms with E-state index in [1.807, 2.05) is 24.3 Å². The molecule has 1 fully saturated rings. The molecule has 10 heteroatoms. The van der Waals surface area contributed by atoms with Crippen molar-refractivity contribution in [1.29, 1.82) is 0 Å². The lowest BCUT2D eigenvalue weighted by atomic mass is 10.1. The number of nitrogens with one attached hydrogen (secondary N) is 1. The van der Waals surface area contributed by atoms with E-state index in [1.165, 1.54) is 18.3 Å². The normalized spacial score (nSPS) is 18.7. The molecule has 0 atom stereocenters. The fourth-order valence-electron chi connectivity index (χ4n) is 4.04. The highest BCUT2D eigenvalue weighted by Gasteiger charge is 2.20. The number of rotatable bonds is 8. The Labute approximate surface area is 233 Å². The molecule has 3 heterocycles. The van der Waals surface area contributed by atoms with Crippen LogP contribution in [0.25, 0.3) is 34.0 Å². The Morgan fingerprint density at radius 1 is 1.11 bits per heavy atom. The molecule has 198 valence electrons. The van der Waals surface area contributed by atoms with Crippen LogP contribution in [0.3, 0.4) is 0 Å². The summed E-state index contributed by atoms with van der Waals surface area (Å²) in [6.07, 6.45) is 3.24. The van der Waals surface area contributed by atoms with Crippen LogP contribution in [0.5, 0.6) is 0 Å². The maximum absolute atomic E-state index is 13.2. The van der Waals surface area contributed by atoms with Crippen molar-refractivity contribution in [2.45, 2.75) is 49.3 Å². The first-order valence-electron chi connectivity index (χ1n) is 15.9. The topological polar surface area (TPSA) is 133 Å². The number of anilines is 1. The fraction of sp³-hybridized carbons (Fsp3) is 0.321. The Balaban J connectivity index is 1.38. The van der Waals surface area contributed by atoms with Crippen LogP contribution >= 0.6 is 0 Å². The molecule has 0 radical (unpaired) electrons. The van der Waals surface area contributed by atoms with E-state index in [0.717, 1.165) is 43.8 Å². The molecule has 2 aromatic heterocycles. The van der Waals surface area contributed by atoms with E-state index in [-0.39, 0.29) is 34.7 Å². The van der Waals surface area contributed by atoms with Gasteiger partial charge in [-0.25, -0.2) is 18.4 Å². The molecule has 2 aromatic carbocycles. The summed E-state index contributed by atoms with van der Waals surface area (Å²) in [5.41, 5.74) is 8.57. The van der Waals surface area contributed by atoms with Crippen LogP contribution < -0.4 is 11.1 Å². The van der Waals surface area contributed by atoms with Crippen molar-refractivity contribution in [1.82, 2.24) is 20.4 Å². The van der Waals surface area contributed by atoms with E-state index in [0.29, 0.717) is 23.7 Å². The van der Waals surface area contributed by atoms with Crippen molar-refractivity contribution in [3.05, 3.63) is 66.3 Å². The predicted molar refractivity (Wildman–Crippen MR) is 146 cm³/mol.